The van der Waals surface area contributed by atoms with E-state index in [4.69, 9.17) is 14.2 Å². The van der Waals surface area contributed by atoms with Crippen molar-refractivity contribution in [2.45, 2.75) is 52.1 Å². The van der Waals surface area contributed by atoms with Gasteiger partial charge in [0.2, 0.25) is 0 Å². The number of carbonyl (C=O) groups is 2. The summed E-state index contributed by atoms with van der Waals surface area (Å²) in [6, 6.07) is 9.50. The average Bonchev–Trinajstić information content (AvgIpc) is 3.32. The molecule has 2 aromatic rings. The lowest BCUT2D eigenvalue weighted by atomic mass is 9.73. The number of carbonyl (C=O) groups excluding carboxylic acids is 2. The van der Waals surface area contributed by atoms with Gasteiger partial charge in [-0.3, -0.25) is 14.6 Å². The number of fused-ring (bicyclic) bond motifs is 3. The summed E-state index contributed by atoms with van der Waals surface area (Å²) in [6.45, 7) is 5.76. The number of pyridine rings is 1. The summed E-state index contributed by atoms with van der Waals surface area (Å²) in [5.41, 5.74) is -0.963. The normalized spacial score (nSPS) is 25.3. The molecule has 0 amide bonds. The van der Waals surface area contributed by atoms with Crippen molar-refractivity contribution in [3.8, 4) is 5.75 Å². The smallest absolute Gasteiger partial charge is 0.324 e. The molecule has 0 radical (unpaired) electrons. The maximum Gasteiger partial charge on any atom is 0.324 e. The third-order valence-electron chi connectivity index (χ3n) is 6.16. The minimum atomic E-state index is -1.17. The standard InChI is InChI=1S/C24H29NO5/c1-23(2,3)30-22(27)24(15-16-8-9-17(24)14-16)21(26)29-13-12-28-20-10-11-25-19-7-5-4-6-18(19)20/h4-7,10-11,16-17H,8-9,12-15H2,1-3H3. The maximum absolute atomic E-state index is 13.1. The first-order chi connectivity index (χ1) is 14.3. The topological polar surface area (TPSA) is 74.7 Å². The molecule has 1 aromatic heterocycles. The fraction of sp³-hybridized carbons (Fsp3) is 0.542. The SMILES string of the molecule is CC(C)(C)OC(=O)C1(C(=O)OCCOc2ccnc3ccccc23)CC2CCC1C2. The molecule has 1 heterocycles. The van der Waals surface area contributed by atoms with Crippen LogP contribution >= 0.6 is 0 Å². The van der Waals surface area contributed by atoms with Gasteiger partial charge in [-0.15, -0.1) is 0 Å². The fourth-order valence-corrected chi connectivity index (χ4v) is 4.89. The number of benzene rings is 1. The molecule has 3 unspecified atom stereocenters. The maximum atomic E-state index is 13.1. The van der Waals surface area contributed by atoms with Gasteiger partial charge >= 0.3 is 11.9 Å². The van der Waals surface area contributed by atoms with Crippen LogP contribution in [0.15, 0.2) is 36.5 Å². The minimum Gasteiger partial charge on any atom is -0.489 e. The molecule has 6 heteroatoms. The Morgan fingerprint density at radius 3 is 2.60 bits per heavy atom. The molecule has 2 saturated carbocycles. The predicted molar refractivity (Wildman–Crippen MR) is 112 cm³/mol. The zero-order chi connectivity index (χ0) is 21.4. The van der Waals surface area contributed by atoms with Crippen LogP contribution in [-0.4, -0.2) is 35.7 Å². The summed E-state index contributed by atoms with van der Waals surface area (Å²) in [6.07, 6.45) is 5.06. The van der Waals surface area contributed by atoms with Crippen molar-refractivity contribution in [1.29, 1.82) is 0 Å². The van der Waals surface area contributed by atoms with Gasteiger partial charge in [0, 0.05) is 11.6 Å². The highest BCUT2D eigenvalue weighted by Crippen LogP contribution is 2.57. The summed E-state index contributed by atoms with van der Waals surface area (Å²) in [4.78, 5) is 30.5. The van der Waals surface area contributed by atoms with Crippen LogP contribution in [0.4, 0.5) is 0 Å². The van der Waals surface area contributed by atoms with Crippen molar-refractivity contribution in [1.82, 2.24) is 4.98 Å². The van der Waals surface area contributed by atoms with Crippen LogP contribution in [0.1, 0.15) is 46.5 Å². The van der Waals surface area contributed by atoms with Crippen LogP contribution < -0.4 is 4.74 Å². The lowest BCUT2D eigenvalue weighted by Gasteiger charge is -2.35. The first-order valence-corrected chi connectivity index (χ1v) is 10.7. The molecule has 2 fully saturated rings. The summed E-state index contributed by atoms with van der Waals surface area (Å²) < 4.78 is 17.1. The van der Waals surface area contributed by atoms with Gasteiger partial charge < -0.3 is 14.2 Å². The number of aromatic nitrogens is 1. The quantitative estimate of drug-likeness (QED) is 0.401. The van der Waals surface area contributed by atoms with Gasteiger partial charge in [0.15, 0.2) is 5.41 Å². The number of para-hydroxylation sites is 1. The van der Waals surface area contributed by atoms with E-state index in [2.05, 4.69) is 4.98 Å². The average molecular weight is 411 g/mol. The van der Waals surface area contributed by atoms with Crippen molar-refractivity contribution in [3.63, 3.8) is 0 Å². The van der Waals surface area contributed by atoms with E-state index in [0.29, 0.717) is 18.1 Å². The highest BCUT2D eigenvalue weighted by Gasteiger charge is 2.62. The molecule has 160 valence electrons. The van der Waals surface area contributed by atoms with Gasteiger partial charge in [0.1, 0.15) is 24.6 Å². The molecule has 2 aliphatic carbocycles. The summed E-state index contributed by atoms with van der Waals surface area (Å²) in [7, 11) is 0. The van der Waals surface area contributed by atoms with Gasteiger partial charge in [-0.05, 0) is 70.1 Å². The zero-order valence-corrected chi connectivity index (χ0v) is 17.8. The molecule has 3 atom stereocenters. The second kappa shape index (κ2) is 7.89. The van der Waals surface area contributed by atoms with E-state index in [1.54, 1.807) is 12.3 Å². The van der Waals surface area contributed by atoms with Gasteiger partial charge in [-0.1, -0.05) is 18.6 Å². The van der Waals surface area contributed by atoms with E-state index in [-0.39, 0.29) is 19.1 Å². The first-order valence-electron chi connectivity index (χ1n) is 10.7. The largest absolute Gasteiger partial charge is 0.489 e. The predicted octanol–water partition coefficient (Wildman–Crippen LogP) is 4.30. The summed E-state index contributed by atoms with van der Waals surface area (Å²) in [5.74, 6) is 0.197. The van der Waals surface area contributed by atoms with E-state index >= 15 is 0 Å². The number of rotatable bonds is 6. The van der Waals surface area contributed by atoms with E-state index in [9.17, 15) is 9.59 Å². The Hall–Kier alpha value is -2.63. The van der Waals surface area contributed by atoms with Crippen molar-refractivity contribution >= 4 is 22.8 Å². The van der Waals surface area contributed by atoms with E-state index in [0.717, 1.165) is 30.2 Å². The molecule has 2 aliphatic rings. The van der Waals surface area contributed by atoms with Gasteiger partial charge in [-0.25, -0.2) is 0 Å². The monoisotopic (exact) mass is 411 g/mol. The second-order valence-corrected chi connectivity index (χ2v) is 9.36. The van der Waals surface area contributed by atoms with E-state index < -0.39 is 23.0 Å². The lowest BCUT2D eigenvalue weighted by Crippen LogP contribution is -2.48. The Morgan fingerprint density at radius 1 is 1.10 bits per heavy atom. The molecule has 6 nitrogen and oxygen atoms in total. The minimum absolute atomic E-state index is 0.00918. The number of ether oxygens (including phenoxy) is 3. The molecule has 30 heavy (non-hydrogen) atoms. The van der Waals surface area contributed by atoms with Crippen molar-refractivity contribution in [3.05, 3.63) is 36.5 Å². The van der Waals surface area contributed by atoms with E-state index in [1.165, 1.54) is 0 Å². The first kappa shape index (κ1) is 20.6. The van der Waals surface area contributed by atoms with Gasteiger partial charge in [0.05, 0.1) is 5.52 Å². The van der Waals surface area contributed by atoms with Crippen molar-refractivity contribution in [2.75, 3.05) is 13.2 Å². The van der Waals surface area contributed by atoms with Gasteiger partial charge in [0.25, 0.3) is 0 Å². The highest BCUT2D eigenvalue weighted by molar-refractivity contribution is 6.01. The molecule has 4 rings (SSSR count). The van der Waals surface area contributed by atoms with E-state index in [1.807, 2.05) is 45.0 Å². The lowest BCUT2D eigenvalue weighted by molar-refractivity contribution is -0.184. The summed E-state index contributed by atoms with van der Waals surface area (Å²) in [5, 5.41) is 0.907. The van der Waals surface area contributed by atoms with Crippen LogP contribution in [0.25, 0.3) is 10.9 Å². The second-order valence-electron chi connectivity index (χ2n) is 9.36. The molecule has 1 aromatic carbocycles. The van der Waals surface area contributed by atoms with Crippen molar-refractivity contribution in [2.24, 2.45) is 17.3 Å². The van der Waals surface area contributed by atoms with Crippen LogP contribution in [0.2, 0.25) is 0 Å². The Morgan fingerprint density at radius 2 is 1.90 bits per heavy atom. The van der Waals surface area contributed by atoms with Crippen LogP contribution in [-0.2, 0) is 19.1 Å². The summed E-state index contributed by atoms with van der Waals surface area (Å²) >= 11 is 0. The molecular weight excluding hydrogens is 382 g/mol. The van der Waals surface area contributed by atoms with Crippen LogP contribution in [0.5, 0.6) is 5.75 Å². The Labute approximate surface area is 176 Å². The Balaban J connectivity index is 1.40. The highest BCUT2D eigenvalue weighted by atomic mass is 16.6. The van der Waals surface area contributed by atoms with Crippen LogP contribution in [0.3, 0.4) is 0 Å². The molecule has 0 N–H and O–H groups in total. The Bertz CT molecular complexity index is 945. The number of esters is 2. The fourth-order valence-electron chi connectivity index (χ4n) is 4.89. The number of hydrogen-bond acceptors (Lipinski definition) is 6. The van der Waals surface area contributed by atoms with Crippen molar-refractivity contribution < 1.29 is 23.8 Å². The third kappa shape index (κ3) is 3.87. The molecule has 0 spiro atoms. The molecule has 0 aliphatic heterocycles. The zero-order valence-electron chi connectivity index (χ0n) is 17.8. The Kier molecular flexibility index (Phi) is 5.43. The molecular formula is C24H29NO5. The molecule has 2 bridgehead atoms. The molecule has 0 saturated heterocycles. The number of hydrogen-bond donors (Lipinski definition) is 0. The third-order valence-corrected chi connectivity index (χ3v) is 6.16. The van der Waals surface area contributed by atoms with Gasteiger partial charge in [-0.2, -0.15) is 0 Å². The number of nitrogens with zero attached hydrogens (tertiary/aromatic N) is 1. The van der Waals surface area contributed by atoms with Crippen LogP contribution in [0, 0.1) is 17.3 Å².